The third kappa shape index (κ3) is 1.17. The molecule has 0 aromatic heterocycles. The number of carbonyl (C=O) groups is 2. The second-order valence-corrected chi connectivity index (χ2v) is 3.81. The highest BCUT2D eigenvalue weighted by molar-refractivity contribution is 5.93. The van der Waals surface area contributed by atoms with Crippen molar-refractivity contribution in [1.82, 2.24) is 10.0 Å². The van der Waals surface area contributed by atoms with E-state index in [1.807, 2.05) is 0 Å². The van der Waals surface area contributed by atoms with E-state index in [-0.39, 0.29) is 11.8 Å². The van der Waals surface area contributed by atoms with Gasteiger partial charge < -0.3 is 0 Å². The van der Waals surface area contributed by atoms with E-state index in [4.69, 9.17) is 0 Å². The van der Waals surface area contributed by atoms with Crippen LogP contribution in [0.2, 0.25) is 0 Å². The number of hydrogen-bond acceptors (Lipinski definition) is 2. The molecule has 1 rings (SSSR count). The number of amides is 2. The lowest BCUT2D eigenvalue weighted by Crippen LogP contribution is -2.56. The summed E-state index contributed by atoms with van der Waals surface area (Å²) < 4.78 is 0. The van der Waals surface area contributed by atoms with Crippen molar-refractivity contribution >= 4 is 11.8 Å². The predicted molar refractivity (Wildman–Crippen MR) is 43.9 cm³/mol. The summed E-state index contributed by atoms with van der Waals surface area (Å²) in [5.74, 6) is -0.0216. The van der Waals surface area contributed by atoms with Crippen LogP contribution in [0.15, 0.2) is 0 Å². The van der Waals surface area contributed by atoms with Crippen molar-refractivity contribution in [2.24, 2.45) is 5.41 Å². The average Bonchev–Trinajstić information content (AvgIpc) is 1.97. The first-order valence-electron chi connectivity index (χ1n) is 3.91. The smallest absolute Gasteiger partial charge is 0.247 e. The van der Waals surface area contributed by atoms with Crippen molar-refractivity contribution in [2.75, 3.05) is 14.1 Å². The maximum Gasteiger partial charge on any atom is 0.247 e. The van der Waals surface area contributed by atoms with E-state index in [1.54, 1.807) is 27.9 Å². The quantitative estimate of drug-likeness (QED) is 0.523. The van der Waals surface area contributed by atoms with Gasteiger partial charge >= 0.3 is 0 Å². The van der Waals surface area contributed by atoms with Crippen LogP contribution in [0.3, 0.4) is 0 Å². The fraction of sp³-hybridized carbons (Fsp3) is 0.750. The minimum atomic E-state index is -0.543. The van der Waals surface area contributed by atoms with E-state index in [1.165, 1.54) is 10.0 Å². The number of hydrazine groups is 1. The maximum atomic E-state index is 11.5. The molecule has 68 valence electrons. The molecule has 12 heavy (non-hydrogen) atoms. The van der Waals surface area contributed by atoms with Gasteiger partial charge in [0, 0.05) is 20.5 Å². The van der Waals surface area contributed by atoms with Gasteiger partial charge in [-0.25, -0.2) is 0 Å². The van der Waals surface area contributed by atoms with E-state index in [2.05, 4.69) is 0 Å². The Morgan fingerprint density at radius 1 is 1.17 bits per heavy atom. The van der Waals surface area contributed by atoms with Gasteiger partial charge in [0.25, 0.3) is 0 Å². The van der Waals surface area contributed by atoms with Gasteiger partial charge in [-0.3, -0.25) is 19.6 Å². The molecule has 1 heterocycles. The lowest BCUT2D eigenvalue weighted by molar-refractivity contribution is -0.175. The second kappa shape index (κ2) is 2.47. The third-order valence-corrected chi connectivity index (χ3v) is 2.28. The van der Waals surface area contributed by atoms with Crippen LogP contribution in [-0.2, 0) is 9.59 Å². The normalized spacial score (nSPS) is 23.3. The van der Waals surface area contributed by atoms with Gasteiger partial charge in [0.15, 0.2) is 0 Å². The van der Waals surface area contributed by atoms with Gasteiger partial charge in [0.05, 0.1) is 5.41 Å². The first kappa shape index (κ1) is 9.03. The van der Waals surface area contributed by atoms with Gasteiger partial charge in [0.1, 0.15) is 0 Å². The molecule has 0 N–H and O–H groups in total. The predicted octanol–water partition coefficient (Wildman–Crippen LogP) is 0.248. The molecule has 1 aliphatic heterocycles. The van der Waals surface area contributed by atoms with Gasteiger partial charge in [0.2, 0.25) is 11.8 Å². The van der Waals surface area contributed by atoms with Gasteiger partial charge in [-0.15, -0.1) is 0 Å². The van der Waals surface area contributed by atoms with E-state index >= 15 is 0 Å². The van der Waals surface area contributed by atoms with Crippen molar-refractivity contribution in [1.29, 1.82) is 0 Å². The Bertz CT molecular complexity index is 235. The van der Waals surface area contributed by atoms with Crippen LogP contribution in [0.25, 0.3) is 0 Å². The number of rotatable bonds is 0. The Labute approximate surface area is 72.1 Å². The molecule has 2 amide bonds. The van der Waals surface area contributed by atoms with Crippen molar-refractivity contribution in [2.45, 2.75) is 20.3 Å². The number of nitrogens with zero attached hydrogens (tertiary/aromatic N) is 2. The summed E-state index contributed by atoms with van der Waals surface area (Å²) in [4.78, 5) is 22.8. The monoisotopic (exact) mass is 170 g/mol. The Hall–Kier alpha value is -1.06. The molecule has 0 atom stereocenters. The summed E-state index contributed by atoms with van der Waals surface area (Å²) in [7, 11) is 3.22. The molecular formula is C8H14N2O2. The topological polar surface area (TPSA) is 40.6 Å². The highest BCUT2D eigenvalue weighted by atomic mass is 16.2. The van der Waals surface area contributed by atoms with Crippen LogP contribution in [0.5, 0.6) is 0 Å². The zero-order valence-corrected chi connectivity index (χ0v) is 7.92. The molecule has 0 radical (unpaired) electrons. The van der Waals surface area contributed by atoms with Crippen molar-refractivity contribution in [3.8, 4) is 0 Å². The summed E-state index contributed by atoms with van der Waals surface area (Å²) in [5.41, 5.74) is -0.543. The molecule has 0 unspecified atom stereocenters. The van der Waals surface area contributed by atoms with Gasteiger partial charge in [-0.05, 0) is 0 Å². The maximum absolute atomic E-state index is 11.5. The fourth-order valence-corrected chi connectivity index (χ4v) is 1.31. The summed E-state index contributed by atoms with van der Waals surface area (Å²) >= 11 is 0. The molecule has 1 fully saturated rings. The standard InChI is InChI=1S/C8H14N2O2/c1-8(2)5-6(11)9(3)10(4)7(8)12/h5H2,1-4H3. The highest BCUT2D eigenvalue weighted by Crippen LogP contribution is 2.28. The molecule has 4 heteroatoms. The van der Waals surface area contributed by atoms with Gasteiger partial charge in [-0.1, -0.05) is 13.8 Å². The average molecular weight is 170 g/mol. The molecule has 0 saturated carbocycles. The van der Waals surface area contributed by atoms with Crippen LogP contribution in [-0.4, -0.2) is 35.9 Å². The highest BCUT2D eigenvalue weighted by Gasteiger charge is 2.40. The van der Waals surface area contributed by atoms with Crippen molar-refractivity contribution in [3.05, 3.63) is 0 Å². The van der Waals surface area contributed by atoms with Crippen LogP contribution >= 0.6 is 0 Å². The lowest BCUT2D eigenvalue weighted by Gasteiger charge is -2.40. The van der Waals surface area contributed by atoms with Crippen LogP contribution in [0.1, 0.15) is 20.3 Å². The van der Waals surface area contributed by atoms with E-state index < -0.39 is 5.41 Å². The SMILES string of the molecule is CN1C(=O)CC(C)(C)C(=O)N1C. The van der Waals surface area contributed by atoms with Crippen molar-refractivity contribution in [3.63, 3.8) is 0 Å². The minimum absolute atomic E-state index is 0.00963. The molecule has 4 nitrogen and oxygen atoms in total. The zero-order valence-electron chi connectivity index (χ0n) is 7.92. The molecule has 1 aliphatic rings. The fourth-order valence-electron chi connectivity index (χ4n) is 1.31. The van der Waals surface area contributed by atoms with E-state index in [0.29, 0.717) is 6.42 Å². The Morgan fingerprint density at radius 3 is 2.17 bits per heavy atom. The summed E-state index contributed by atoms with van der Waals surface area (Å²) in [5, 5.41) is 2.72. The molecule has 0 aliphatic carbocycles. The van der Waals surface area contributed by atoms with Crippen LogP contribution < -0.4 is 0 Å². The lowest BCUT2D eigenvalue weighted by atomic mass is 9.86. The molecule has 0 aromatic rings. The summed E-state index contributed by atoms with van der Waals surface area (Å²) in [6.45, 7) is 3.58. The Morgan fingerprint density at radius 2 is 1.67 bits per heavy atom. The van der Waals surface area contributed by atoms with E-state index in [0.717, 1.165) is 0 Å². The second-order valence-electron chi connectivity index (χ2n) is 3.81. The minimum Gasteiger partial charge on any atom is -0.273 e. The summed E-state index contributed by atoms with van der Waals surface area (Å²) in [6, 6.07) is 0. The van der Waals surface area contributed by atoms with E-state index in [9.17, 15) is 9.59 Å². The third-order valence-electron chi connectivity index (χ3n) is 2.28. The van der Waals surface area contributed by atoms with Crippen molar-refractivity contribution < 1.29 is 9.59 Å². The zero-order chi connectivity index (χ0) is 9.52. The molecule has 0 spiro atoms. The first-order chi connectivity index (χ1) is 5.36. The molecule has 0 aromatic carbocycles. The largest absolute Gasteiger partial charge is 0.273 e. The molecular weight excluding hydrogens is 156 g/mol. The number of carbonyl (C=O) groups excluding carboxylic acids is 2. The Balaban J connectivity index is 2.93. The Kier molecular flexibility index (Phi) is 1.86. The van der Waals surface area contributed by atoms with Gasteiger partial charge in [-0.2, -0.15) is 0 Å². The molecule has 1 saturated heterocycles. The summed E-state index contributed by atoms with van der Waals surface area (Å²) in [6.07, 6.45) is 0.298. The van der Waals surface area contributed by atoms with Crippen LogP contribution in [0.4, 0.5) is 0 Å². The van der Waals surface area contributed by atoms with Crippen LogP contribution in [0, 0.1) is 5.41 Å². The molecule has 0 bridgehead atoms. The first-order valence-corrected chi connectivity index (χ1v) is 3.91. The number of hydrogen-bond donors (Lipinski definition) is 0.